The maximum Gasteiger partial charge on any atom is 0.254 e. The summed E-state index contributed by atoms with van der Waals surface area (Å²) in [4.78, 5) is 14.5. The van der Waals surface area contributed by atoms with Gasteiger partial charge in [-0.1, -0.05) is 6.92 Å². The van der Waals surface area contributed by atoms with Crippen LogP contribution in [0.15, 0.2) is 29.2 Å². The molecule has 1 aromatic rings. The van der Waals surface area contributed by atoms with Crippen LogP contribution >= 0.6 is 0 Å². The largest absolute Gasteiger partial charge is 0.336 e. The van der Waals surface area contributed by atoms with Crippen LogP contribution in [0.25, 0.3) is 0 Å². The summed E-state index contributed by atoms with van der Waals surface area (Å²) in [7, 11) is -3.46. The van der Waals surface area contributed by atoms with Gasteiger partial charge in [0.15, 0.2) is 0 Å². The highest BCUT2D eigenvalue weighted by molar-refractivity contribution is 7.89. The van der Waals surface area contributed by atoms with E-state index in [1.54, 1.807) is 19.1 Å². The molecule has 1 fully saturated rings. The van der Waals surface area contributed by atoms with Crippen molar-refractivity contribution in [2.24, 2.45) is 0 Å². The topological polar surface area (TPSA) is 66.5 Å². The SMILES string of the molecule is CCNS(=O)(=O)c1ccc(C(=O)N2CCCCC2C)cc1. The zero-order valence-electron chi connectivity index (χ0n) is 12.5. The van der Waals surface area contributed by atoms with E-state index < -0.39 is 10.0 Å². The first kappa shape index (κ1) is 16.0. The highest BCUT2D eigenvalue weighted by Crippen LogP contribution is 2.20. The standard InChI is InChI=1S/C15H22N2O3S/c1-3-16-21(19,20)14-9-7-13(8-10-14)15(18)17-11-5-4-6-12(17)2/h7-10,12,16H,3-6,11H2,1-2H3. The molecule has 1 heterocycles. The quantitative estimate of drug-likeness (QED) is 0.925. The first-order valence-corrected chi connectivity index (χ1v) is 8.84. The van der Waals surface area contributed by atoms with Gasteiger partial charge in [0.05, 0.1) is 4.90 Å². The van der Waals surface area contributed by atoms with Crippen molar-refractivity contribution < 1.29 is 13.2 Å². The molecule has 1 aliphatic heterocycles. The van der Waals surface area contributed by atoms with Gasteiger partial charge in [0.1, 0.15) is 0 Å². The second-order valence-corrected chi connectivity index (χ2v) is 7.14. The van der Waals surface area contributed by atoms with E-state index >= 15 is 0 Å². The Morgan fingerprint density at radius 3 is 2.52 bits per heavy atom. The van der Waals surface area contributed by atoms with Crippen molar-refractivity contribution >= 4 is 15.9 Å². The van der Waals surface area contributed by atoms with Gasteiger partial charge in [-0.3, -0.25) is 4.79 Å². The lowest BCUT2D eigenvalue weighted by atomic mass is 10.0. The summed E-state index contributed by atoms with van der Waals surface area (Å²) in [5, 5.41) is 0. The van der Waals surface area contributed by atoms with Gasteiger partial charge in [-0.15, -0.1) is 0 Å². The Bertz CT molecular complexity index is 596. The van der Waals surface area contributed by atoms with Gasteiger partial charge in [-0.2, -0.15) is 0 Å². The van der Waals surface area contributed by atoms with Crippen LogP contribution in [0, 0.1) is 0 Å². The molecule has 116 valence electrons. The Morgan fingerprint density at radius 1 is 1.29 bits per heavy atom. The van der Waals surface area contributed by atoms with E-state index in [1.807, 2.05) is 4.90 Å². The summed E-state index contributed by atoms with van der Waals surface area (Å²) in [6.45, 7) is 4.90. The molecule has 0 spiro atoms. The summed E-state index contributed by atoms with van der Waals surface area (Å²) in [5.41, 5.74) is 0.541. The van der Waals surface area contributed by atoms with Crippen molar-refractivity contribution in [2.75, 3.05) is 13.1 Å². The Balaban J connectivity index is 2.17. The molecule has 2 rings (SSSR count). The van der Waals surface area contributed by atoms with Crippen LogP contribution in [0.5, 0.6) is 0 Å². The lowest BCUT2D eigenvalue weighted by molar-refractivity contribution is 0.0635. The second kappa shape index (κ2) is 6.58. The Morgan fingerprint density at radius 2 is 1.95 bits per heavy atom. The van der Waals surface area contributed by atoms with Crippen molar-refractivity contribution in [1.29, 1.82) is 0 Å². The van der Waals surface area contributed by atoms with Crippen molar-refractivity contribution in [3.8, 4) is 0 Å². The van der Waals surface area contributed by atoms with Gasteiger partial charge in [-0.25, -0.2) is 13.1 Å². The molecule has 0 saturated carbocycles. The van der Waals surface area contributed by atoms with Crippen LogP contribution in [-0.2, 0) is 10.0 Å². The first-order chi connectivity index (χ1) is 9.95. The van der Waals surface area contributed by atoms with Crippen LogP contribution in [0.1, 0.15) is 43.5 Å². The van der Waals surface area contributed by atoms with Gasteiger partial charge in [0.2, 0.25) is 10.0 Å². The predicted molar refractivity (Wildman–Crippen MR) is 81.7 cm³/mol. The Labute approximate surface area is 126 Å². The number of carbonyl (C=O) groups excluding carboxylic acids is 1. The minimum atomic E-state index is -3.46. The van der Waals surface area contributed by atoms with Crippen LogP contribution in [0.4, 0.5) is 0 Å². The fraction of sp³-hybridized carbons (Fsp3) is 0.533. The van der Waals surface area contributed by atoms with Gasteiger partial charge >= 0.3 is 0 Å². The number of carbonyl (C=O) groups is 1. The lowest BCUT2D eigenvalue weighted by Crippen LogP contribution is -2.42. The number of piperidine rings is 1. The maximum atomic E-state index is 12.5. The highest BCUT2D eigenvalue weighted by Gasteiger charge is 2.24. The van der Waals surface area contributed by atoms with Gasteiger partial charge in [0.25, 0.3) is 5.91 Å². The van der Waals surface area contributed by atoms with Gasteiger partial charge < -0.3 is 4.90 Å². The van der Waals surface area contributed by atoms with E-state index in [9.17, 15) is 13.2 Å². The minimum Gasteiger partial charge on any atom is -0.336 e. The Hall–Kier alpha value is -1.40. The molecular weight excluding hydrogens is 288 g/mol. The molecule has 0 bridgehead atoms. The third kappa shape index (κ3) is 3.63. The maximum absolute atomic E-state index is 12.5. The number of sulfonamides is 1. The second-order valence-electron chi connectivity index (χ2n) is 5.37. The van der Waals surface area contributed by atoms with Crippen molar-refractivity contribution in [2.45, 2.75) is 44.0 Å². The molecule has 1 saturated heterocycles. The Kier molecular flexibility index (Phi) is 5.00. The molecule has 1 atom stereocenters. The molecule has 21 heavy (non-hydrogen) atoms. The van der Waals surface area contributed by atoms with E-state index in [4.69, 9.17) is 0 Å². The number of hydrogen-bond donors (Lipinski definition) is 1. The number of likely N-dealkylation sites (tertiary alicyclic amines) is 1. The summed E-state index contributed by atoms with van der Waals surface area (Å²) < 4.78 is 26.2. The third-order valence-corrected chi connectivity index (χ3v) is 5.37. The predicted octanol–water partition coefficient (Wildman–Crippen LogP) is 2.00. The number of rotatable bonds is 4. The first-order valence-electron chi connectivity index (χ1n) is 7.36. The lowest BCUT2D eigenvalue weighted by Gasteiger charge is -2.33. The molecule has 1 amide bonds. The average Bonchev–Trinajstić information content (AvgIpc) is 2.47. The molecule has 6 heteroatoms. The molecule has 0 radical (unpaired) electrons. The summed E-state index contributed by atoms with van der Waals surface area (Å²) in [6.07, 6.45) is 3.21. The van der Waals surface area contributed by atoms with Crippen LogP contribution < -0.4 is 4.72 Å². The monoisotopic (exact) mass is 310 g/mol. The smallest absolute Gasteiger partial charge is 0.254 e. The normalized spacial score (nSPS) is 19.5. The fourth-order valence-corrected chi connectivity index (χ4v) is 3.66. The van der Waals surface area contributed by atoms with E-state index in [0.717, 1.165) is 25.8 Å². The summed E-state index contributed by atoms with van der Waals surface area (Å²) >= 11 is 0. The number of hydrogen-bond acceptors (Lipinski definition) is 3. The number of nitrogens with zero attached hydrogens (tertiary/aromatic N) is 1. The van der Waals surface area contributed by atoms with Crippen LogP contribution in [-0.4, -0.2) is 38.4 Å². The third-order valence-electron chi connectivity index (χ3n) is 3.81. The van der Waals surface area contributed by atoms with Crippen molar-refractivity contribution in [1.82, 2.24) is 9.62 Å². The van der Waals surface area contributed by atoms with Crippen molar-refractivity contribution in [3.63, 3.8) is 0 Å². The molecule has 1 N–H and O–H groups in total. The van der Waals surface area contributed by atoms with E-state index in [1.165, 1.54) is 12.1 Å². The van der Waals surface area contributed by atoms with Crippen LogP contribution in [0.3, 0.4) is 0 Å². The highest BCUT2D eigenvalue weighted by atomic mass is 32.2. The molecular formula is C15H22N2O3S. The number of amides is 1. The molecule has 1 aliphatic rings. The van der Waals surface area contributed by atoms with E-state index in [-0.39, 0.29) is 16.8 Å². The fourth-order valence-electron chi connectivity index (χ4n) is 2.62. The molecule has 5 nitrogen and oxygen atoms in total. The van der Waals surface area contributed by atoms with Crippen molar-refractivity contribution in [3.05, 3.63) is 29.8 Å². The number of nitrogens with one attached hydrogen (secondary N) is 1. The summed E-state index contributed by atoms with van der Waals surface area (Å²) in [5.74, 6) is -0.0189. The van der Waals surface area contributed by atoms with E-state index in [2.05, 4.69) is 11.6 Å². The van der Waals surface area contributed by atoms with E-state index in [0.29, 0.717) is 12.1 Å². The molecule has 1 aromatic carbocycles. The zero-order chi connectivity index (χ0) is 15.5. The molecule has 0 aliphatic carbocycles. The van der Waals surface area contributed by atoms with Gasteiger partial charge in [0, 0.05) is 24.7 Å². The number of benzene rings is 1. The minimum absolute atomic E-state index is 0.0189. The zero-order valence-corrected chi connectivity index (χ0v) is 13.3. The average molecular weight is 310 g/mol. The van der Waals surface area contributed by atoms with Gasteiger partial charge in [-0.05, 0) is 50.5 Å². The molecule has 1 unspecified atom stereocenters. The van der Waals surface area contributed by atoms with Crippen LogP contribution in [0.2, 0.25) is 0 Å². The summed E-state index contributed by atoms with van der Waals surface area (Å²) in [6, 6.07) is 6.40. The molecule has 0 aromatic heterocycles.